The zero-order valence-electron chi connectivity index (χ0n) is 16.3. The molecule has 144 valence electrons. The van der Waals surface area contributed by atoms with E-state index in [4.69, 9.17) is 0 Å². The number of benzene rings is 2. The fourth-order valence-electron chi connectivity index (χ4n) is 3.08. The molecule has 28 heavy (non-hydrogen) atoms. The highest BCUT2D eigenvalue weighted by atomic mass is 16.2. The van der Waals surface area contributed by atoms with Crippen molar-refractivity contribution in [2.45, 2.75) is 20.8 Å². The van der Waals surface area contributed by atoms with Crippen molar-refractivity contribution in [3.8, 4) is 5.69 Å². The van der Waals surface area contributed by atoms with E-state index >= 15 is 0 Å². The summed E-state index contributed by atoms with van der Waals surface area (Å²) in [6.07, 6.45) is 1.56. The van der Waals surface area contributed by atoms with Gasteiger partial charge in [-0.05, 0) is 51.1 Å². The molecule has 0 radical (unpaired) electrons. The Morgan fingerprint density at radius 2 is 1.75 bits per heavy atom. The number of amides is 2. The van der Waals surface area contributed by atoms with Crippen molar-refractivity contribution in [2.75, 3.05) is 18.4 Å². The monoisotopic (exact) mass is 376 g/mol. The number of hydrogen-bond acceptors (Lipinski definition) is 3. The molecule has 0 bridgehead atoms. The maximum atomic E-state index is 12.7. The Hall–Kier alpha value is -3.41. The Morgan fingerprint density at radius 3 is 2.43 bits per heavy atom. The van der Waals surface area contributed by atoms with Crippen LogP contribution in [0, 0.1) is 6.92 Å². The summed E-state index contributed by atoms with van der Waals surface area (Å²) in [5, 5.41) is 7.21. The third kappa shape index (κ3) is 3.96. The lowest BCUT2D eigenvalue weighted by Crippen LogP contribution is -2.30. The Bertz CT molecular complexity index is 975. The summed E-state index contributed by atoms with van der Waals surface area (Å²) in [5.41, 5.74) is 3.27. The average molecular weight is 376 g/mol. The van der Waals surface area contributed by atoms with Gasteiger partial charge in [-0.25, -0.2) is 4.68 Å². The lowest BCUT2D eigenvalue weighted by molar-refractivity contribution is 0.0772. The fraction of sp³-hybridized carbons (Fsp3) is 0.227. The predicted molar refractivity (Wildman–Crippen MR) is 110 cm³/mol. The van der Waals surface area contributed by atoms with Gasteiger partial charge in [0.05, 0.1) is 23.1 Å². The van der Waals surface area contributed by atoms with Gasteiger partial charge in [0.15, 0.2) is 0 Å². The number of carbonyl (C=O) groups excluding carboxylic acids is 2. The number of carbonyl (C=O) groups is 2. The number of nitrogens with one attached hydrogen (secondary N) is 1. The third-order valence-corrected chi connectivity index (χ3v) is 4.67. The van der Waals surface area contributed by atoms with Crippen molar-refractivity contribution in [1.82, 2.24) is 14.7 Å². The smallest absolute Gasteiger partial charge is 0.259 e. The third-order valence-electron chi connectivity index (χ3n) is 4.67. The standard InChI is InChI=1S/C22H24N4O2/c1-4-25(5-2)22(28)17-10-9-11-18(14-17)24-21(27)20-15-23-26(16(20)3)19-12-7-6-8-13-19/h6-15H,4-5H2,1-3H3,(H,24,27). The van der Waals surface area contributed by atoms with Crippen molar-refractivity contribution in [1.29, 1.82) is 0 Å². The summed E-state index contributed by atoms with van der Waals surface area (Å²) < 4.78 is 1.73. The van der Waals surface area contributed by atoms with Crippen LogP contribution in [0.5, 0.6) is 0 Å². The van der Waals surface area contributed by atoms with E-state index in [0.29, 0.717) is 29.9 Å². The molecule has 0 saturated heterocycles. The van der Waals surface area contributed by atoms with Gasteiger partial charge in [-0.2, -0.15) is 5.10 Å². The highest BCUT2D eigenvalue weighted by molar-refractivity contribution is 6.05. The van der Waals surface area contributed by atoms with E-state index in [1.54, 1.807) is 40.0 Å². The molecule has 0 aliphatic heterocycles. The molecule has 0 aliphatic carbocycles. The van der Waals surface area contributed by atoms with Crippen LogP contribution in [0.15, 0.2) is 60.8 Å². The van der Waals surface area contributed by atoms with Gasteiger partial charge in [-0.1, -0.05) is 24.3 Å². The Morgan fingerprint density at radius 1 is 1.04 bits per heavy atom. The molecule has 0 aliphatic rings. The van der Waals surface area contributed by atoms with E-state index in [0.717, 1.165) is 11.4 Å². The number of aromatic nitrogens is 2. The largest absolute Gasteiger partial charge is 0.339 e. The number of hydrogen-bond donors (Lipinski definition) is 1. The summed E-state index contributed by atoms with van der Waals surface area (Å²) in [6.45, 7) is 7.03. The van der Waals surface area contributed by atoms with Crippen LogP contribution in [-0.2, 0) is 0 Å². The zero-order valence-corrected chi connectivity index (χ0v) is 16.3. The van der Waals surface area contributed by atoms with Crippen molar-refractivity contribution in [3.05, 3.63) is 77.6 Å². The molecule has 3 rings (SSSR count). The van der Waals surface area contributed by atoms with Crippen molar-refractivity contribution in [2.24, 2.45) is 0 Å². The second kappa shape index (κ2) is 8.52. The number of anilines is 1. The number of rotatable bonds is 6. The molecule has 0 fully saturated rings. The highest BCUT2D eigenvalue weighted by Crippen LogP contribution is 2.17. The van der Waals surface area contributed by atoms with Crippen LogP contribution in [0.4, 0.5) is 5.69 Å². The predicted octanol–water partition coefficient (Wildman–Crippen LogP) is 3.92. The Labute approximate surface area is 164 Å². The molecule has 2 amide bonds. The minimum absolute atomic E-state index is 0.0471. The SMILES string of the molecule is CCN(CC)C(=O)c1cccc(NC(=O)c2cnn(-c3ccccc3)c2C)c1. The highest BCUT2D eigenvalue weighted by Gasteiger charge is 2.17. The summed E-state index contributed by atoms with van der Waals surface area (Å²) in [6, 6.07) is 16.7. The normalized spacial score (nSPS) is 10.5. The van der Waals surface area contributed by atoms with Crippen LogP contribution >= 0.6 is 0 Å². The van der Waals surface area contributed by atoms with Gasteiger partial charge in [-0.15, -0.1) is 0 Å². The summed E-state index contributed by atoms with van der Waals surface area (Å²) in [4.78, 5) is 27.0. The lowest BCUT2D eigenvalue weighted by Gasteiger charge is -2.19. The van der Waals surface area contributed by atoms with E-state index in [9.17, 15) is 9.59 Å². The molecule has 6 nitrogen and oxygen atoms in total. The van der Waals surface area contributed by atoms with Crippen LogP contribution in [0.3, 0.4) is 0 Å². The average Bonchev–Trinajstić information content (AvgIpc) is 3.11. The maximum absolute atomic E-state index is 12.7. The first-order valence-corrected chi connectivity index (χ1v) is 9.35. The zero-order chi connectivity index (χ0) is 20.1. The Balaban J connectivity index is 1.80. The van der Waals surface area contributed by atoms with E-state index in [-0.39, 0.29) is 11.8 Å². The molecule has 2 aromatic carbocycles. The van der Waals surface area contributed by atoms with Gasteiger partial charge in [0, 0.05) is 24.3 Å². The van der Waals surface area contributed by atoms with Gasteiger partial charge in [0.25, 0.3) is 11.8 Å². The van der Waals surface area contributed by atoms with E-state index in [2.05, 4.69) is 10.4 Å². The topological polar surface area (TPSA) is 67.2 Å². The van der Waals surface area contributed by atoms with Gasteiger partial charge in [-0.3, -0.25) is 9.59 Å². The first kappa shape index (κ1) is 19.4. The van der Waals surface area contributed by atoms with Crippen molar-refractivity contribution >= 4 is 17.5 Å². The molecule has 1 aromatic heterocycles. The molecule has 1 heterocycles. The summed E-state index contributed by atoms with van der Waals surface area (Å²) in [7, 11) is 0. The van der Waals surface area contributed by atoms with Crippen LogP contribution < -0.4 is 5.32 Å². The second-order valence-corrected chi connectivity index (χ2v) is 6.40. The van der Waals surface area contributed by atoms with Crippen LogP contribution in [0.2, 0.25) is 0 Å². The van der Waals surface area contributed by atoms with Gasteiger partial charge in [0.1, 0.15) is 0 Å². The molecule has 0 spiro atoms. The first-order valence-electron chi connectivity index (χ1n) is 9.35. The molecule has 0 unspecified atom stereocenters. The van der Waals surface area contributed by atoms with Gasteiger partial charge < -0.3 is 10.2 Å². The minimum Gasteiger partial charge on any atom is -0.339 e. The van der Waals surface area contributed by atoms with Gasteiger partial charge >= 0.3 is 0 Å². The van der Waals surface area contributed by atoms with E-state index < -0.39 is 0 Å². The molecule has 3 aromatic rings. The molecule has 0 saturated carbocycles. The molecular weight excluding hydrogens is 352 g/mol. The lowest BCUT2D eigenvalue weighted by atomic mass is 10.1. The Kier molecular flexibility index (Phi) is 5.89. The van der Waals surface area contributed by atoms with Gasteiger partial charge in [0.2, 0.25) is 0 Å². The first-order chi connectivity index (χ1) is 13.5. The second-order valence-electron chi connectivity index (χ2n) is 6.40. The van der Waals surface area contributed by atoms with Crippen LogP contribution in [-0.4, -0.2) is 39.6 Å². The van der Waals surface area contributed by atoms with E-state index in [1.165, 1.54) is 0 Å². The maximum Gasteiger partial charge on any atom is 0.259 e. The quantitative estimate of drug-likeness (QED) is 0.709. The summed E-state index contributed by atoms with van der Waals surface area (Å²) in [5.74, 6) is -0.304. The van der Waals surface area contributed by atoms with Crippen LogP contribution in [0.1, 0.15) is 40.3 Å². The minimum atomic E-state index is -0.257. The molecule has 0 atom stereocenters. The van der Waals surface area contributed by atoms with Crippen molar-refractivity contribution < 1.29 is 9.59 Å². The molecule has 1 N–H and O–H groups in total. The number of nitrogens with zero attached hydrogens (tertiary/aromatic N) is 3. The molecule has 6 heteroatoms. The van der Waals surface area contributed by atoms with Crippen molar-refractivity contribution in [3.63, 3.8) is 0 Å². The number of para-hydroxylation sites is 1. The van der Waals surface area contributed by atoms with E-state index in [1.807, 2.05) is 51.1 Å². The molecular formula is C22H24N4O2. The fourth-order valence-corrected chi connectivity index (χ4v) is 3.08. The summed E-state index contributed by atoms with van der Waals surface area (Å²) >= 11 is 0. The van der Waals surface area contributed by atoms with Crippen LogP contribution in [0.25, 0.3) is 5.69 Å².